The maximum absolute atomic E-state index is 5.35. The van der Waals surface area contributed by atoms with E-state index in [2.05, 4.69) is 15.5 Å². The molecule has 0 unspecified atom stereocenters. The molecule has 2 rings (SSSR count). The van der Waals surface area contributed by atoms with Crippen LogP contribution in [0.3, 0.4) is 0 Å². The zero-order valence-electron chi connectivity index (χ0n) is 8.89. The van der Waals surface area contributed by atoms with Crippen molar-refractivity contribution in [3.63, 3.8) is 0 Å². The third kappa shape index (κ3) is 2.55. The van der Waals surface area contributed by atoms with Gasteiger partial charge in [-0.2, -0.15) is 5.10 Å². The van der Waals surface area contributed by atoms with Gasteiger partial charge >= 0.3 is 0 Å². The maximum Gasteiger partial charge on any atom is 0.184 e. The highest BCUT2D eigenvalue weighted by atomic mass is 32.1. The third-order valence-corrected chi connectivity index (χ3v) is 2.77. The van der Waals surface area contributed by atoms with Crippen molar-refractivity contribution in [2.24, 2.45) is 10.8 Å². The molecule has 1 saturated carbocycles. The molecule has 1 aliphatic carbocycles. The predicted octanol–water partition coefficient (Wildman–Crippen LogP) is 1.54. The number of nitrogens with one attached hydrogen (secondary N) is 1. The number of pyridine rings is 1. The van der Waals surface area contributed by atoms with Gasteiger partial charge in [0.05, 0.1) is 0 Å². The number of hydrogen-bond donors (Lipinski definition) is 2. The van der Waals surface area contributed by atoms with Gasteiger partial charge in [-0.05, 0) is 43.6 Å². The molecule has 5 heteroatoms. The van der Waals surface area contributed by atoms with E-state index in [4.69, 9.17) is 18.0 Å². The van der Waals surface area contributed by atoms with Crippen molar-refractivity contribution in [2.45, 2.75) is 25.2 Å². The van der Waals surface area contributed by atoms with Gasteiger partial charge in [0.1, 0.15) is 0 Å². The van der Waals surface area contributed by atoms with Gasteiger partial charge in [-0.25, -0.2) is 0 Å². The molecule has 0 saturated heterocycles. The molecule has 0 radical (unpaired) electrons. The molecular weight excluding hydrogens is 220 g/mol. The highest BCUT2D eigenvalue weighted by Gasteiger charge is 2.25. The lowest BCUT2D eigenvalue weighted by molar-refractivity contribution is 0.783. The summed E-state index contributed by atoms with van der Waals surface area (Å²) >= 11 is 4.73. The lowest BCUT2D eigenvalue weighted by atomic mass is 10.0. The summed E-state index contributed by atoms with van der Waals surface area (Å²) in [5.41, 5.74) is 10.2. The van der Waals surface area contributed by atoms with Crippen LogP contribution in [0.4, 0.5) is 0 Å². The first-order chi connectivity index (χ1) is 7.77. The Kier molecular flexibility index (Phi) is 3.46. The van der Waals surface area contributed by atoms with E-state index in [0.717, 1.165) is 30.7 Å². The Bertz CT molecular complexity index is 402. The molecule has 4 nitrogen and oxygen atoms in total. The molecular formula is C11H14N4S. The van der Waals surface area contributed by atoms with Gasteiger partial charge in [0.15, 0.2) is 5.11 Å². The predicted molar refractivity (Wildman–Crippen MR) is 68.2 cm³/mol. The molecule has 1 aromatic heterocycles. The minimum absolute atomic E-state index is 0.208. The van der Waals surface area contributed by atoms with Gasteiger partial charge in [-0.15, -0.1) is 0 Å². The molecule has 3 N–H and O–H groups in total. The van der Waals surface area contributed by atoms with Crippen LogP contribution in [-0.2, 0) is 0 Å². The monoisotopic (exact) mass is 234 g/mol. The summed E-state index contributed by atoms with van der Waals surface area (Å²) in [6, 6.07) is 5.95. The lowest BCUT2D eigenvalue weighted by Crippen LogP contribution is -2.26. The molecule has 84 valence electrons. The minimum Gasteiger partial charge on any atom is -0.375 e. The van der Waals surface area contributed by atoms with Crippen LogP contribution in [0.15, 0.2) is 29.5 Å². The second-order valence-corrected chi connectivity index (χ2v) is 4.22. The Morgan fingerprint density at radius 3 is 3.12 bits per heavy atom. The molecule has 0 amide bonds. The van der Waals surface area contributed by atoms with Crippen LogP contribution in [0, 0.1) is 0 Å². The van der Waals surface area contributed by atoms with E-state index in [0.29, 0.717) is 5.92 Å². The average Bonchev–Trinajstić information content (AvgIpc) is 2.75. The van der Waals surface area contributed by atoms with Crippen molar-refractivity contribution in [1.29, 1.82) is 0 Å². The second-order valence-electron chi connectivity index (χ2n) is 3.78. The smallest absolute Gasteiger partial charge is 0.184 e. The van der Waals surface area contributed by atoms with Crippen LogP contribution in [0.5, 0.6) is 0 Å². The topological polar surface area (TPSA) is 63.3 Å². The van der Waals surface area contributed by atoms with Gasteiger partial charge in [-0.3, -0.25) is 10.4 Å². The van der Waals surface area contributed by atoms with Crippen LogP contribution >= 0.6 is 12.2 Å². The van der Waals surface area contributed by atoms with Crippen molar-refractivity contribution in [2.75, 3.05) is 0 Å². The summed E-state index contributed by atoms with van der Waals surface area (Å²) in [7, 11) is 0. The first-order valence-corrected chi connectivity index (χ1v) is 5.71. The van der Waals surface area contributed by atoms with Gasteiger partial charge in [0.2, 0.25) is 0 Å². The fourth-order valence-corrected chi connectivity index (χ4v) is 2.04. The summed E-state index contributed by atoms with van der Waals surface area (Å²) in [6.45, 7) is 0. The van der Waals surface area contributed by atoms with E-state index in [-0.39, 0.29) is 5.11 Å². The number of hydrazone groups is 1. The number of aromatic nitrogens is 1. The van der Waals surface area contributed by atoms with Crippen LogP contribution in [0.1, 0.15) is 30.9 Å². The Morgan fingerprint density at radius 2 is 2.44 bits per heavy atom. The van der Waals surface area contributed by atoms with Crippen LogP contribution in [0.25, 0.3) is 0 Å². The molecule has 16 heavy (non-hydrogen) atoms. The lowest BCUT2D eigenvalue weighted by Gasteiger charge is -2.10. The number of nitrogens with zero attached hydrogens (tertiary/aromatic N) is 2. The first-order valence-electron chi connectivity index (χ1n) is 5.30. The Morgan fingerprint density at radius 1 is 1.56 bits per heavy atom. The van der Waals surface area contributed by atoms with E-state index in [1.165, 1.54) is 0 Å². The normalized spacial score (nSPS) is 22.2. The Balaban J connectivity index is 2.15. The zero-order chi connectivity index (χ0) is 11.4. The van der Waals surface area contributed by atoms with Gasteiger partial charge in [0, 0.05) is 23.5 Å². The van der Waals surface area contributed by atoms with Crippen molar-refractivity contribution < 1.29 is 0 Å². The summed E-state index contributed by atoms with van der Waals surface area (Å²) in [5, 5.41) is 4.45. The van der Waals surface area contributed by atoms with Gasteiger partial charge < -0.3 is 5.73 Å². The molecule has 1 fully saturated rings. The summed E-state index contributed by atoms with van der Waals surface area (Å²) in [5.74, 6) is 0.308. The van der Waals surface area contributed by atoms with Crippen molar-refractivity contribution in [3.8, 4) is 0 Å². The molecule has 0 aromatic carbocycles. The highest BCUT2D eigenvalue weighted by molar-refractivity contribution is 7.80. The molecule has 1 atom stereocenters. The van der Waals surface area contributed by atoms with Crippen molar-refractivity contribution in [1.82, 2.24) is 10.4 Å². The molecule has 1 heterocycles. The Labute approximate surface area is 99.9 Å². The third-order valence-electron chi connectivity index (χ3n) is 2.68. The number of rotatable bonds is 2. The molecule has 1 aromatic rings. The molecule has 0 aliphatic heterocycles. The maximum atomic E-state index is 5.35. The second kappa shape index (κ2) is 5.03. The number of nitrogens with two attached hydrogens (primary N) is 1. The van der Waals surface area contributed by atoms with Crippen LogP contribution in [-0.4, -0.2) is 15.8 Å². The average molecular weight is 234 g/mol. The van der Waals surface area contributed by atoms with E-state index in [1.54, 1.807) is 0 Å². The molecule has 0 spiro atoms. The van der Waals surface area contributed by atoms with Crippen molar-refractivity contribution >= 4 is 23.0 Å². The fourth-order valence-electron chi connectivity index (χ4n) is 1.99. The van der Waals surface area contributed by atoms with E-state index >= 15 is 0 Å². The van der Waals surface area contributed by atoms with Gasteiger partial charge in [0.25, 0.3) is 0 Å². The first kappa shape index (κ1) is 11.0. The van der Waals surface area contributed by atoms with Crippen molar-refractivity contribution in [3.05, 3.63) is 30.1 Å². The highest BCUT2D eigenvalue weighted by Crippen LogP contribution is 2.30. The van der Waals surface area contributed by atoms with Crippen LogP contribution in [0.2, 0.25) is 0 Å². The summed E-state index contributed by atoms with van der Waals surface area (Å²) in [4.78, 5) is 4.37. The summed E-state index contributed by atoms with van der Waals surface area (Å²) in [6.07, 6.45) is 5.02. The van der Waals surface area contributed by atoms with E-state index in [9.17, 15) is 0 Å². The SMILES string of the molecule is NC(=S)N/N=C1/CCC[C@H]1c1ccccn1. The molecule has 0 bridgehead atoms. The molecule has 1 aliphatic rings. The fraction of sp³-hybridized carbons (Fsp3) is 0.364. The Hall–Kier alpha value is -1.49. The standard InChI is InChI=1S/C11H14N4S/c12-11(16)15-14-10-6-3-4-8(10)9-5-1-2-7-13-9/h1-2,5,7-8H,3-4,6H2,(H3,12,15,16)/b14-10-/t8-/m0/s1. The van der Waals surface area contributed by atoms with E-state index in [1.807, 2.05) is 24.4 Å². The largest absolute Gasteiger partial charge is 0.375 e. The quantitative estimate of drug-likeness (QED) is 0.602. The van der Waals surface area contributed by atoms with E-state index < -0.39 is 0 Å². The number of thiocarbonyl (C=S) groups is 1. The zero-order valence-corrected chi connectivity index (χ0v) is 9.70. The minimum atomic E-state index is 0.208. The summed E-state index contributed by atoms with van der Waals surface area (Å²) < 4.78 is 0. The van der Waals surface area contributed by atoms with Gasteiger partial charge in [-0.1, -0.05) is 6.07 Å². The van der Waals surface area contributed by atoms with Crippen LogP contribution < -0.4 is 11.2 Å². The number of hydrogen-bond acceptors (Lipinski definition) is 3.